The maximum absolute atomic E-state index is 8.80. The van der Waals surface area contributed by atoms with Crippen molar-refractivity contribution in [3.63, 3.8) is 0 Å². The monoisotopic (exact) mass is 149 g/mol. The molecule has 0 saturated heterocycles. The van der Waals surface area contributed by atoms with Gasteiger partial charge in [0.1, 0.15) is 0 Å². The highest BCUT2D eigenvalue weighted by Gasteiger charge is 2.23. The Morgan fingerprint density at radius 1 is 1.55 bits per heavy atom. The summed E-state index contributed by atoms with van der Waals surface area (Å²) in [4.78, 5) is 0. The van der Waals surface area contributed by atoms with Crippen molar-refractivity contribution in [1.82, 2.24) is 0 Å². The first-order valence-electron chi connectivity index (χ1n) is 4.29. The molecule has 1 atom stereocenters. The topological polar surface area (TPSA) is 23.8 Å². The summed E-state index contributed by atoms with van der Waals surface area (Å²) >= 11 is 0. The summed E-state index contributed by atoms with van der Waals surface area (Å²) in [6, 6.07) is 2.31. The molecule has 1 heteroatoms. The van der Waals surface area contributed by atoms with Gasteiger partial charge in [0.15, 0.2) is 0 Å². The van der Waals surface area contributed by atoms with Crippen molar-refractivity contribution in [3.8, 4) is 6.07 Å². The molecule has 60 valence electrons. The van der Waals surface area contributed by atoms with Gasteiger partial charge < -0.3 is 0 Å². The van der Waals surface area contributed by atoms with Gasteiger partial charge in [0.2, 0.25) is 0 Å². The fourth-order valence-corrected chi connectivity index (χ4v) is 2.00. The van der Waals surface area contributed by atoms with Crippen molar-refractivity contribution in [2.75, 3.05) is 0 Å². The van der Waals surface area contributed by atoms with E-state index < -0.39 is 0 Å². The van der Waals surface area contributed by atoms with E-state index in [-0.39, 0.29) is 0 Å². The highest BCUT2D eigenvalue weighted by Crippen LogP contribution is 2.35. The third kappa shape index (κ3) is 1.45. The van der Waals surface area contributed by atoms with Gasteiger partial charge in [-0.15, -0.1) is 0 Å². The standard InChI is InChI=1S/C10H15N/c1-7(2)10-8(3)4-5-9(10)6-11/h7-8H,4-5H2,1-3H3/t8-/m1/s1. The zero-order chi connectivity index (χ0) is 8.43. The maximum atomic E-state index is 8.80. The largest absolute Gasteiger partial charge is 0.193 e. The lowest BCUT2D eigenvalue weighted by Crippen LogP contribution is -2.01. The molecule has 0 saturated carbocycles. The van der Waals surface area contributed by atoms with E-state index in [2.05, 4.69) is 26.8 Å². The molecule has 0 heterocycles. The Labute approximate surface area is 68.7 Å². The Bertz CT molecular complexity index is 218. The van der Waals surface area contributed by atoms with Crippen molar-refractivity contribution in [1.29, 1.82) is 5.26 Å². The summed E-state index contributed by atoms with van der Waals surface area (Å²) < 4.78 is 0. The van der Waals surface area contributed by atoms with Gasteiger partial charge in [-0.05, 0) is 24.7 Å². The second-order valence-electron chi connectivity index (χ2n) is 3.64. The zero-order valence-corrected chi connectivity index (χ0v) is 7.52. The normalized spacial score (nSPS) is 24.5. The minimum atomic E-state index is 0.558. The van der Waals surface area contributed by atoms with E-state index in [1.54, 1.807) is 0 Å². The van der Waals surface area contributed by atoms with Crippen LogP contribution in [0.25, 0.3) is 0 Å². The number of rotatable bonds is 1. The van der Waals surface area contributed by atoms with Crippen molar-refractivity contribution >= 4 is 0 Å². The molecule has 1 aliphatic carbocycles. The summed E-state index contributed by atoms with van der Waals surface area (Å²) in [7, 11) is 0. The van der Waals surface area contributed by atoms with Gasteiger partial charge in [-0.3, -0.25) is 0 Å². The Hall–Kier alpha value is -0.770. The van der Waals surface area contributed by atoms with E-state index in [9.17, 15) is 0 Å². The molecule has 0 unspecified atom stereocenters. The van der Waals surface area contributed by atoms with Crippen LogP contribution in [0.15, 0.2) is 11.1 Å². The summed E-state index contributed by atoms with van der Waals surface area (Å²) in [5, 5.41) is 8.80. The van der Waals surface area contributed by atoms with Crippen LogP contribution in [0.2, 0.25) is 0 Å². The molecule has 0 bridgehead atoms. The van der Waals surface area contributed by atoms with Crippen LogP contribution < -0.4 is 0 Å². The molecule has 1 rings (SSSR count). The fraction of sp³-hybridized carbons (Fsp3) is 0.700. The Morgan fingerprint density at radius 3 is 2.55 bits per heavy atom. The zero-order valence-electron chi connectivity index (χ0n) is 7.52. The first-order chi connectivity index (χ1) is 5.16. The van der Waals surface area contributed by atoms with E-state index in [0.717, 1.165) is 12.0 Å². The average molecular weight is 149 g/mol. The smallest absolute Gasteiger partial charge is 0.0946 e. The van der Waals surface area contributed by atoms with Gasteiger partial charge in [0.05, 0.1) is 6.07 Å². The van der Waals surface area contributed by atoms with Crippen LogP contribution >= 0.6 is 0 Å². The molecule has 0 N–H and O–H groups in total. The molecule has 0 aromatic rings. The summed E-state index contributed by atoms with van der Waals surface area (Å²) in [5.41, 5.74) is 2.44. The van der Waals surface area contributed by atoms with Gasteiger partial charge in [-0.1, -0.05) is 26.3 Å². The van der Waals surface area contributed by atoms with Crippen molar-refractivity contribution < 1.29 is 0 Å². The number of nitriles is 1. The van der Waals surface area contributed by atoms with E-state index in [0.29, 0.717) is 11.8 Å². The van der Waals surface area contributed by atoms with E-state index in [1.165, 1.54) is 12.0 Å². The Balaban J connectivity index is 2.92. The molecule has 1 nitrogen and oxygen atoms in total. The van der Waals surface area contributed by atoms with Crippen LogP contribution in [0.3, 0.4) is 0 Å². The lowest BCUT2D eigenvalue weighted by Gasteiger charge is -2.12. The van der Waals surface area contributed by atoms with Crippen LogP contribution in [-0.2, 0) is 0 Å². The van der Waals surface area contributed by atoms with Crippen molar-refractivity contribution in [3.05, 3.63) is 11.1 Å². The number of nitrogens with zero attached hydrogens (tertiary/aromatic N) is 1. The molecule has 0 spiro atoms. The van der Waals surface area contributed by atoms with Gasteiger partial charge in [-0.25, -0.2) is 0 Å². The van der Waals surface area contributed by atoms with E-state index in [1.807, 2.05) is 0 Å². The first kappa shape index (κ1) is 8.33. The minimum Gasteiger partial charge on any atom is -0.193 e. The predicted molar refractivity (Wildman–Crippen MR) is 45.9 cm³/mol. The highest BCUT2D eigenvalue weighted by molar-refractivity contribution is 5.34. The van der Waals surface area contributed by atoms with Crippen molar-refractivity contribution in [2.45, 2.75) is 33.6 Å². The summed E-state index contributed by atoms with van der Waals surface area (Å²) in [6.45, 7) is 6.57. The average Bonchev–Trinajstić information content (AvgIpc) is 2.30. The molecule has 0 amide bonds. The Morgan fingerprint density at radius 2 is 2.18 bits per heavy atom. The molecule has 11 heavy (non-hydrogen) atoms. The first-order valence-corrected chi connectivity index (χ1v) is 4.29. The molecule has 1 aliphatic rings. The van der Waals surface area contributed by atoms with E-state index in [4.69, 9.17) is 5.26 Å². The lowest BCUT2D eigenvalue weighted by molar-refractivity contribution is 0.591. The van der Waals surface area contributed by atoms with Gasteiger partial charge in [0, 0.05) is 5.57 Å². The fourth-order valence-electron chi connectivity index (χ4n) is 2.00. The number of allylic oxidation sites excluding steroid dienone is 2. The van der Waals surface area contributed by atoms with Crippen LogP contribution in [0.4, 0.5) is 0 Å². The second-order valence-corrected chi connectivity index (χ2v) is 3.64. The molecule has 0 aromatic carbocycles. The maximum Gasteiger partial charge on any atom is 0.0946 e. The lowest BCUT2D eigenvalue weighted by atomic mass is 9.93. The molecule has 0 aromatic heterocycles. The second kappa shape index (κ2) is 3.09. The SMILES string of the molecule is CC(C)C1=C(C#N)CC[C@H]1C. The summed E-state index contributed by atoms with van der Waals surface area (Å²) in [5.74, 6) is 1.20. The third-order valence-corrected chi connectivity index (χ3v) is 2.46. The number of hydrogen-bond donors (Lipinski definition) is 0. The third-order valence-electron chi connectivity index (χ3n) is 2.46. The molecule has 0 fully saturated rings. The van der Waals surface area contributed by atoms with Crippen LogP contribution in [0.5, 0.6) is 0 Å². The van der Waals surface area contributed by atoms with Crippen LogP contribution in [-0.4, -0.2) is 0 Å². The van der Waals surface area contributed by atoms with Gasteiger partial charge in [0.25, 0.3) is 0 Å². The summed E-state index contributed by atoms with van der Waals surface area (Å²) in [6.07, 6.45) is 2.18. The predicted octanol–water partition coefficient (Wildman–Crippen LogP) is 2.89. The molecular weight excluding hydrogens is 134 g/mol. The van der Waals surface area contributed by atoms with E-state index >= 15 is 0 Å². The van der Waals surface area contributed by atoms with Gasteiger partial charge >= 0.3 is 0 Å². The molecule has 0 radical (unpaired) electrons. The van der Waals surface area contributed by atoms with Crippen molar-refractivity contribution in [2.24, 2.45) is 11.8 Å². The number of hydrogen-bond acceptors (Lipinski definition) is 1. The molecular formula is C10H15N. The highest BCUT2D eigenvalue weighted by atomic mass is 14.3. The van der Waals surface area contributed by atoms with Crippen LogP contribution in [0.1, 0.15) is 33.6 Å². The molecule has 0 aliphatic heterocycles. The van der Waals surface area contributed by atoms with Crippen LogP contribution in [0, 0.1) is 23.2 Å². The van der Waals surface area contributed by atoms with Gasteiger partial charge in [-0.2, -0.15) is 5.26 Å². The Kier molecular flexibility index (Phi) is 2.34. The quantitative estimate of drug-likeness (QED) is 0.562. The minimum absolute atomic E-state index is 0.558.